The van der Waals surface area contributed by atoms with Crippen molar-refractivity contribution >= 4 is 11.6 Å². The Hall–Kier alpha value is -1.31. The fourth-order valence-electron chi connectivity index (χ4n) is 2.08. The molecule has 1 unspecified atom stereocenters. The van der Waals surface area contributed by atoms with Crippen LogP contribution in [0.4, 0.5) is 0 Å². The summed E-state index contributed by atoms with van der Waals surface area (Å²) in [5.74, 6) is 0. The summed E-state index contributed by atoms with van der Waals surface area (Å²) in [5.41, 5.74) is 2.52. The minimum atomic E-state index is 0.362. The fraction of sp³-hybridized carbons (Fsp3) is 0.235. The Bertz CT molecular complexity index is 508. The van der Waals surface area contributed by atoms with Crippen molar-refractivity contribution in [3.63, 3.8) is 0 Å². The van der Waals surface area contributed by atoms with E-state index in [-0.39, 0.29) is 0 Å². The van der Waals surface area contributed by atoms with E-state index in [1.807, 2.05) is 18.2 Å². The largest absolute Gasteiger partial charge is 0.305 e. The van der Waals surface area contributed by atoms with E-state index in [1.165, 1.54) is 11.1 Å². The van der Waals surface area contributed by atoms with Gasteiger partial charge in [-0.05, 0) is 43.8 Å². The van der Waals surface area contributed by atoms with Gasteiger partial charge in [-0.25, -0.2) is 0 Å². The maximum Gasteiger partial charge on any atom is 0.0408 e. The second kappa shape index (κ2) is 6.74. The first kappa shape index (κ1) is 14.1. The molecule has 0 aliphatic rings. The number of halogens is 1. The molecule has 99 valence electrons. The number of benzene rings is 2. The molecule has 1 radical (unpaired) electrons. The van der Waals surface area contributed by atoms with E-state index in [0.717, 1.165) is 11.4 Å². The molecule has 0 spiro atoms. The van der Waals surface area contributed by atoms with Gasteiger partial charge in [0.1, 0.15) is 0 Å². The third-order valence-corrected chi connectivity index (χ3v) is 3.42. The molecule has 2 rings (SSSR count). The summed E-state index contributed by atoms with van der Waals surface area (Å²) >= 11 is 6.03. The van der Waals surface area contributed by atoms with Gasteiger partial charge in [0, 0.05) is 17.5 Å². The van der Waals surface area contributed by atoms with Crippen molar-refractivity contribution in [2.24, 2.45) is 0 Å². The standard InChI is InChI=1S/C17H19ClN/c1-19(2)17(12-14-7-4-3-5-8-14)13-15-9-6-10-16(18)11-15/h3-11,13,17H,12H2,1-2H3. The topological polar surface area (TPSA) is 3.24 Å². The second-order valence-corrected chi connectivity index (χ2v) is 5.38. The zero-order valence-electron chi connectivity index (χ0n) is 11.4. The Balaban J connectivity index is 2.08. The van der Waals surface area contributed by atoms with Gasteiger partial charge in [0.15, 0.2) is 0 Å². The van der Waals surface area contributed by atoms with Gasteiger partial charge < -0.3 is 4.90 Å². The normalized spacial score (nSPS) is 12.6. The van der Waals surface area contributed by atoms with E-state index in [2.05, 4.69) is 61.8 Å². The highest BCUT2D eigenvalue weighted by Gasteiger charge is 2.13. The summed E-state index contributed by atoms with van der Waals surface area (Å²) in [4.78, 5) is 2.23. The van der Waals surface area contributed by atoms with Crippen LogP contribution in [-0.2, 0) is 6.42 Å². The smallest absolute Gasteiger partial charge is 0.0408 e. The van der Waals surface area contributed by atoms with E-state index in [1.54, 1.807) is 0 Å². The fourth-order valence-corrected chi connectivity index (χ4v) is 2.28. The second-order valence-electron chi connectivity index (χ2n) is 4.94. The van der Waals surface area contributed by atoms with Crippen LogP contribution < -0.4 is 0 Å². The first-order valence-electron chi connectivity index (χ1n) is 6.46. The molecular weight excluding hydrogens is 254 g/mol. The number of hydrogen-bond acceptors (Lipinski definition) is 1. The molecule has 2 heteroatoms. The van der Waals surface area contributed by atoms with Crippen molar-refractivity contribution in [3.8, 4) is 0 Å². The van der Waals surface area contributed by atoms with Gasteiger partial charge in [0.05, 0.1) is 0 Å². The molecule has 1 nitrogen and oxygen atoms in total. The lowest BCUT2D eigenvalue weighted by atomic mass is 9.98. The van der Waals surface area contributed by atoms with Crippen LogP contribution in [0.3, 0.4) is 0 Å². The van der Waals surface area contributed by atoms with Crippen LogP contribution in [0.5, 0.6) is 0 Å². The Labute approximate surface area is 120 Å². The molecule has 0 amide bonds. The van der Waals surface area contributed by atoms with Gasteiger partial charge in [-0.1, -0.05) is 54.1 Å². The summed E-state index contributed by atoms with van der Waals surface area (Å²) in [6, 6.07) is 18.9. The van der Waals surface area contributed by atoms with Crippen molar-refractivity contribution in [1.82, 2.24) is 4.90 Å². The van der Waals surface area contributed by atoms with Crippen molar-refractivity contribution < 1.29 is 0 Å². The summed E-state index contributed by atoms with van der Waals surface area (Å²) in [6.45, 7) is 0. The lowest BCUT2D eigenvalue weighted by molar-refractivity contribution is 0.328. The number of likely N-dealkylation sites (N-methyl/N-ethyl adjacent to an activating group) is 1. The predicted octanol–water partition coefficient (Wildman–Crippen LogP) is 4.07. The molecule has 2 aromatic carbocycles. The van der Waals surface area contributed by atoms with Crippen LogP contribution in [0.15, 0.2) is 54.6 Å². The third kappa shape index (κ3) is 4.38. The van der Waals surface area contributed by atoms with Crippen molar-refractivity contribution in [2.45, 2.75) is 12.5 Å². The summed E-state index contributed by atoms with van der Waals surface area (Å²) in [7, 11) is 4.21. The molecule has 0 N–H and O–H groups in total. The Morgan fingerprint density at radius 2 is 1.79 bits per heavy atom. The van der Waals surface area contributed by atoms with Crippen LogP contribution in [0.1, 0.15) is 11.1 Å². The molecule has 0 saturated heterocycles. The molecule has 0 aromatic heterocycles. The summed E-state index contributed by atoms with van der Waals surface area (Å²) < 4.78 is 0. The zero-order chi connectivity index (χ0) is 13.7. The Morgan fingerprint density at radius 3 is 2.42 bits per heavy atom. The van der Waals surface area contributed by atoms with E-state index in [0.29, 0.717) is 6.04 Å². The van der Waals surface area contributed by atoms with Gasteiger partial charge in [-0.3, -0.25) is 0 Å². The minimum absolute atomic E-state index is 0.362. The predicted molar refractivity (Wildman–Crippen MR) is 82.5 cm³/mol. The first-order valence-corrected chi connectivity index (χ1v) is 6.84. The van der Waals surface area contributed by atoms with E-state index in [4.69, 9.17) is 11.6 Å². The summed E-state index contributed by atoms with van der Waals surface area (Å²) in [5, 5.41) is 0.783. The average Bonchev–Trinajstić information content (AvgIpc) is 2.39. The lowest BCUT2D eigenvalue weighted by Crippen LogP contribution is -2.30. The average molecular weight is 273 g/mol. The van der Waals surface area contributed by atoms with Crippen LogP contribution in [-0.4, -0.2) is 25.0 Å². The summed E-state index contributed by atoms with van der Waals surface area (Å²) in [6.07, 6.45) is 3.26. The van der Waals surface area contributed by atoms with Gasteiger partial charge in [0.25, 0.3) is 0 Å². The maximum atomic E-state index is 6.03. The number of nitrogens with zero attached hydrogens (tertiary/aromatic N) is 1. The molecule has 0 saturated carbocycles. The first-order chi connectivity index (χ1) is 9.15. The Morgan fingerprint density at radius 1 is 1.05 bits per heavy atom. The molecule has 0 fully saturated rings. The monoisotopic (exact) mass is 272 g/mol. The SMILES string of the molecule is CN(C)C([CH]c1cccc(Cl)c1)Cc1ccccc1. The maximum absolute atomic E-state index is 6.03. The van der Waals surface area contributed by atoms with Gasteiger partial charge in [-0.15, -0.1) is 0 Å². The molecular formula is C17H19ClN. The molecule has 0 bridgehead atoms. The van der Waals surface area contributed by atoms with Gasteiger partial charge in [-0.2, -0.15) is 0 Å². The highest BCUT2D eigenvalue weighted by Crippen LogP contribution is 2.17. The van der Waals surface area contributed by atoms with Crippen molar-refractivity contribution in [3.05, 3.63) is 77.2 Å². The molecule has 0 aliphatic heterocycles. The van der Waals surface area contributed by atoms with Crippen LogP contribution in [0.2, 0.25) is 5.02 Å². The molecule has 2 aromatic rings. The van der Waals surface area contributed by atoms with Crippen LogP contribution in [0.25, 0.3) is 0 Å². The molecule has 1 atom stereocenters. The quantitative estimate of drug-likeness (QED) is 0.793. The Kier molecular flexibility index (Phi) is 5.00. The molecule has 0 heterocycles. The zero-order valence-corrected chi connectivity index (χ0v) is 12.1. The number of hydrogen-bond donors (Lipinski definition) is 0. The third-order valence-electron chi connectivity index (χ3n) is 3.18. The minimum Gasteiger partial charge on any atom is -0.305 e. The van der Waals surface area contributed by atoms with Gasteiger partial charge in [0.2, 0.25) is 0 Å². The molecule has 19 heavy (non-hydrogen) atoms. The molecule has 0 aliphatic carbocycles. The highest BCUT2D eigenvalue weighted by atomic mass is 35.5. The van der Waals surface area contributed by atoms with Gasteiger partial charge >= 0.3 is 0 Å². The van der Waals surface area contributed by atoms with Crippen LogP contribution >= 0.6 is 11.6 Å². The highest BCUT2D eigenvalue weighted by molar-refractivity contribution is 6.30. The van der Waals surface area contributed by atoms with Crippen molar-refractivity contribution in [1.29, 1.82) is 0 Å². The number of rotatable bonds is 5. The van der Waals surface area contributed by atoms with E-state index >= 15 is 0 Å². The van der Waals surface area contributed by atoms with Crippen molar-refractivity contribution in [2.75, 3.05) is 14.1 Å². The van der Waals surface area contributed by atoms with E-state index in [9.17, 15) is 0 Å². The van der Waals surface area contributed by atoms with Crippen LogP contribution in [0, 0.1) is 6.42 Å². The van der Waals surface area contributed by atoms with E-state index < -0.39 is 0 Å². The lowest BCUT2D eigenvalue weighted by Gasteiger charge is -2.24.